The maximum atomic E-state index is 14.3. The molecule has 6 nitrogen and oxygen atoms in total. The molecule has 0 aromatic heterocycles. The molecule has 3 unspecified atom stereocenters. The first-order valence-corrected chi connectivity index (χ1v) is 14.3. The van der Waals surface area contributed by atoms with Crippen LogP contribution in [-0.2, 0) is 19.1 Å². The van der Waals surface area contributed by atoms with Gasteiger partial charge in [-0.1, -0.05) is 43.3 Å². The molecule has 1 N–H and O–H groups in total. The average molecular weight is 570 g/mol. The third-order valence-corrected chi connectivity index (χ3v) is 10.2. The maximum Gasteiger partial charge on any atom is 0.421 e. The van der Waals surface area contributed by atoms with E-state index in [4.69, 9.17) is 9.47 Å². The molecule has 2 saturated carbocycles. The normalized spacial score (nSPS) is 37.3. The molecule has 41 heavy (non-hydrogen) atoms. The van der Waals surface area contributed by atoms with Crippen molar-refractivity contribution in [2.24, 2.45) is 17.3 Å². The summed E-state index contributed by atoms with van der Waals surface area (Å²) >= 11 is 0. The number of benzene rings is 1. The molecule has 2 bridgehead atoms. The number of carbonyl (C=O) groups excluding carboxylic acids is 2. The molecule has 9 heteroatoms. The number of alkyl halides is 3. The van der Waals surface area contributed by atoms with E-state index in [1.807, 2.05) is 6.08 Å². The van der Waals surface area contributed by atoms with Crippen LogP contribution in [0, 0.1) is 17.3 Å². The summed E-state index contributed by atoms with van der Waals surface area (Å²) in [5, 5.41) is 2.75. The van der Waals surface area contributed by atoms with Crippen molar-refractivity contribution in [3.63, 3.8) is 0 Å². The topological polar surface area (TPSA) is 64.6 Å². The lowest BCUT2D eigenvalue weighted by atomic mass is 9.46. The minimum absolute atomic E-state index is 0.215. The number of esters is 1. The van der Waals surface area contributed by atoms with Crippen LogP contribution in [-0.4, -0.2) is 60.5 Å². The first kappa shape index (κ1) is 28.0. The van der Waals surface area contributed by atoms with E-state index in [0.717, 1.165) is 54.9 Å². The number of halogens is 3. The standard InChI is InChI=1S/C32H35F3N2O4/c1-4-16-37(3)17-15-30-23-11-8-12-27(30)41-31(14-13-26(40-20(2)38)22(28(30)31)19-25(23)37)36-29(39)24(32(33,34)35)18-21-9-6-5-7-10-21/h4-7,9-10,13-14,18,23,25,27-28H,1,8,11-12,15-17,19H2,2-3H3/p+1/t23-,25+,27-,28?,30+,31?,37?/m0/s1. The summed E-state index contributed by atoms with van der Waals surface area (Å²) in [6.07, 6.45) is 5.00. The Labute approximate surface area is 238 Å². The summed E-state index contributed by atoms with van der Waals surface area (Å²) < 4.78 is 56.2. The summed E-state index contributed by atoms with van der Waals surface area (Å²) in [6, 6.07) is 8.21. The van der Waals surface area contributed by atoms with Crippen LogP contribution in [0.15, 0.2) is 72.0 Å². The van der Waals surface area contributed by atoms with Crippen LogP contribution >= 0.6 is 0 Å². The number of likely N-dealkylation sites (N-methyl/N-ethyl adjacent to an activating group) is 1. The average Bonchev–Trinajstić information content (AvgIpc) is 3.19. The van der Waals surface area contributed by atoms with Crippen molar-refractivity contribution in [1.29, 1.82) is 0 Å². The van der Waals surface area contributed by atoms with Crippen LogP contribution in [0.3, 0.4) is 0 Å². The number of likely N-dealkylation sites (tertiary alicyclic amines) is 1. The number of hydrogen-bond acceptors (Lipinski definition) is 4. The second-order valence-corrected chi connectivity index (χ2v) is 12.4. The highest BCUT2D eigenvalue weighted by molar-refractivity contribution is 5.99. The first-order chi connectivity index (χ1) is 19.4. The van der Waals surface area contributed by atoms with Crippen LogP contribution in [0.2, 0.25) is 0 Å². The van der Waals surface area contributed by atoms with Crippen LogP contribution in [0.4, 0.5) is 13.2 Å². The van der Waals surface area contributed by atoms with Gasteiger partial charge in [0.05, 0.1) is 32.3 Å². The summed E-state index contributed by atoms with van der Waals surface area (Å²) in [7, 11) is 2.24. The number of nitrogens with zero attached hydrogens (tertiary/aromatic N) is 1. The largest absolute Gasteiger partial charge is 0.427 e. The number of nitrogens with one attached hydrogen (secondary N) is 1. The number of allylic oxidation sites excluding steroid dienone is 1. The van der Waals surface area contributed by atoms with E-state index in [2.05, 4.69) is 18.9 Å². The Kier molecular flexibility index (Phi) is 6.62. The zero-order chi connectivity index (χ0) is 29.2. The summed E-state index contributed by atoms with van der Waals surface area (Å²) in [5.41, 5.74) is -2.03. The van der Waals surface area contributed by atoms with Crippen LogP contribution in [0.1, 0.15) is 44.6 Å². The van der Waals surface area contributed by atoms with Crippen LogP contribution in [0.25, 0.3) is 6.08 Å². The molecule has 2 saturated heterocycles. The van der Waals surface area contributed by atoms with E-state index in [9.17, 15) is 22.8 Å². The van der Waals surface area contributed by atoms with Gasteiger partial charge in [-0.25, -0.2) is 0 Å². The Hall–Kier alpha value is -3.17. The second-order valence-electron chi connectivity index (χ2n) is 12.4. The van der Waals surface area contributed by atoms with E-state index in [1.54, 1.807) is 30.4 Å². The van der Waals surface area contributed by atoms with Crippen LogP contribution < -0.4 is 5.32 Å². The monoisotopic (exact) mass is 569 g/mol. The second kappa shape index (κ2) is 9.70. The number of ether oxygens (including phenoxy) is 2. The van der Waals surface area contributed by atoms with Crippen molar-refractivity contribution < 1.29 is 36.7 Å². The summed E-state index contributed by atoms with van der Waals surface area (Å²) in [5.74, 6) is -1.47. The van der Waals surface area contributed by atoms with Crippen molar-refractivity contribution >= 4 is 18.0 Å². The van der Waals surface area contributed by atoms with Gasteiger partial charge in [-0.15, -0.1) is 0 Å². The van der Waals surface area contributed by atoms with Crippen molar-refractivity contribution in [2.45, 2.75) is 63.1 Å². The Morgan fingerprint density at radius 3 is 2.68 bits per heavy atom. The van der Waals surface area contributed by atoms with Crippen molar-refractivity contribution in [3.05, 3.63) is 77.6 Å². The zero-order valence-corrected chi connectivity index (χ0v) is 23.4. The van der Waals surface area contributed by atoms with Gasteiger partial charge in [0.15, 0.2) is 5.72 Å². The zero-order valence-electron chi connectivity index (χ0n) is 23.4. The fraction of sp³-hybridized carbons (Fsp3) is 0.500. The molecule has 1 amide bonds. The number of piperidine rings is 1. The third-order valence-electron chi connectivity index (χ3n) is 10.2. The Bertz CT molecular complexity index is 1370. The number of amides is 1. The molecule has 1 aromatic rings. The molecule has 6 rings (SSSR count). The van der Waals surface area contributed by atoms with Gasteiger partial charge < -0.3 is 19.3 Å². The molecular weight excluding hydrogens is 533 g/mol. The molecule has 7 atom stereocenters. The van der Waals surface area contributed by atoms with Crippen molar-refractivity contribution in [2.75, 3.05) is 20.1 Å². The Balaban J connectivity index is 1.46. The first-order valence-electron chi connectivity index (χ1n) is 14.3. The van der Waals surface area contributed by atoms with Gasteiger partial charge in [-0.2, -0.15) is 13.2 Å². The quantitative estimate of drug-likeness (QED) is 0.215. The Morgan fingerprint density at radius 2 is 2.00 bits per heavy atom. The van der Waals surface area contributed by atoms with E-state index in [-0.39, 0.29) is 29.0 Å². The van der Waals surface area contributed by atoms with Gasteiger partial charge in [0.25, 0.3) is 5.91 Å². The number of quaternary nitrogens is 1. The molecule has 3 aliphatic carbocycles. The lowest BCUT2D eigenvalue weighted by Gasteiger charge is -2.63. The van der Waals surface area contributed by atoms with E-state index in [0.29, 0.717) is 12.2 Å². The highest BCUT2D eigenvalue weighted by Crippen LogP contribution is 2.70. The molecule has 5 aliphatic rings. The smallest absolute Gasteiger partial charge is 0.421 e. The van der Waals surface area contributed by atoms with Gasteiger partial charge in [-0.3, -0.25) is 9.59 Å². The molecular formula is C32H36F3N2O4+. The predicted molar refractivity (Wildman–Crippen MR) is 147 cm³/mol. The summed E-state index contributed by atoms with van der Waals surface area (Å²) in [4.78, 5) is 25.7. The predicted octanol–water partition coefficient (Wildman–Crippen LogP) is 5.44. The minimum atomic E-state index is -4.88. The lowest BCUT2D eigenvalue weighted by molar-refractivity contribution is -0.942. The van der Waals surface area contributed by atoms with Gasteiger partial charge in [-0.05, 0) is 48.3 Å². The van der Waals surface area contributed by atoms with E-state index < -0.39 is 35.3 Å². The highest BCUT2D eigenvalue weighted by Gasteiger charge is 2.75. The molecule has 0 radical (unpaired) electrons. The lowest BCUT2D eigenvalue weighted by Crippen LogP contribution is -2.71. The van der Waals surface area contributed by atoms with E-state index in [1.165, 1.54) is 19.1 Å². The molecule has 2 aliphatic heterocycles. The number of rotatable bonds is 6. The fourth-order valence-corrected chi connectivity index (χ4v) is 8.79. The molecule has 2 heterocycles. The number of hydrogen-bond donors (Lipinski definition) is 1. The summed E-state index contributed by atoms with van der Waals surface area (Å²) in [6.45, 7) is 7.00. The fourth-order valence-electron chi connectivity index (χ4n) is 8.79. The third kappa shape index (κ3) is 4.31. The molecule has 218 valence electrons. The van der Waals surface area contributed by atoms with Gasteiger partial charge >= 0.3 is 12.1 Å². The molecule has 1 spiro atoms. The van der Waals surface area contributed by atoms with Crippen molar-refractivity contribution in [3.8, 4) is 0 Å². The minimum Gasteiger partial charge on any atom is -0.427 e. The SMILES string of the molecule is C=CC[N+]1(C)CC[C@]23C4C5=C(OC(C)=O)C=CC4(NC(=O)C(=Cc4ccccc4)C(F)(F)F)O[C@H]2CCC[C@H]3[C@H]1C5. The molecule has 1 aromatic carbocycles. The Morgan fingerprint density at radius 1 is 1.24 bits per heavy atom. The number of carbonyl (C=O) groups is 2. The van der Waals surface area contributed by atoms with Crippen molar-refractivity contribution in [1.82, 2.24) is 5.32 Å². The molecule has 4 fully saturated rings. The maximum absolute atomic E-state index is 14.3. The van der Waals surface area contributed by atoms with E-state index >= 15 is 0 Å². The van der Waals surface area contributed by atoms with Gasteiger partial charge in [0.1, 0.15) is 11.3 Å². The van der Waals surface area contributed by atoms with Gasteiger partial charge in [0.2, 0.25) is 0 Å². The van der Waals surface area contributed by atoms with Crippen LogP contribution in [0.5, 0.6) is 0 Å². The van der Waals surface area contributed by atoms with Gasteiger partial charge in [0, 0.05) is 37.0 Å². The highest BCUT2D eigenvalue weighted by atomic mass is 19.4.